The van der Waals surface area contributed by atoms with Gasteiger partial charge < -0.3 is 15.0 Å². The summed E-state index contributed by atoms with van der Waals surface area (Å²) < 4.78 is 33.2. The van der Waals surface area contributed by atoms with Gasteiger partial charge in [-0.15, -0.1) is 11.8 Å². The Hall–Kier alpha value is -2.56. The minimum absolute atomic E-state index is 0.0561. The molecule has 10 heteroatoms. The van der Waals surface area contributed by atoms with Gasteiger partial charge in [0.1, 0.15) is 12.3 Å². The van der Waals surface area contributed by atoms with Crippen LogP contribution in [0.2, 0.25) is 0 Å². The van der Waals surface area contributed by atoms with Crippen molar-refractivity contribution in [3.05, 3.63) is 48.0 Å². The highest BCUT2D eigenvalue weighted by atomic mass is 32.2. The second kappa shape index (κ2) is 10.4. The van der Waals surface area contributed by atoms with Gasteiger partial charge in [-0.25, -0.2) is 8.42 Å². The molecule has 32 heavy (non-hydrogen) atoms. The molecule has 1 N–H and O–H groups in total. The van der Waals surface area contributed by atoms with E-state index in [1.54, 1.807) is 26.0 Å². The van der Waals surface area contributed by atoms with Gasteiger partial charge >= 0.3 is 0 Å². The highest BCUT2D eigenvalue weighted by Gasteiger charge is 2.26. The van der Waals surface area contributed by atoms with E-state index in [9.17, 15) is 18.0 Å². The predicted octanol–water partition coefficient (Wildman–Crippen LogP) is 3.29. The van der Waals surface area contributed by atoms with Crippen LogP contribution in [0, 0.1) is 6.92 Å². The summed E-state index contributed by atoms with van der Waals surface area (Å²) in [5.74, 6) is 1.15. The largest absolute Gasteiger partial charge is 0.455 e. The number of carbonyl (C=O) groups excluding carboxylic acids is 2. The summed E-state index contributed by atoms with van der Waals surface area (Å²) in [5, 5.41) is 2.73. The lowest BCUT2D eigenvalue weighted by Crippen LogP contribution is -2.34. The van der Waals surface area contributed by atoms with Crippen LogP contribution >= 0.6 is 11.8 Å². The number of hydrogen-bond donors (Lipinski definition) is 1. The molecule has 0 saturated carbocycles. The van der Waals surface area contributed by atoms with Gasteiger partial charge in [-0.3, -0.25) is 9.59 Å². The lowest BCUT2D eigenvalue weighted by atomic mass is 10.2. The van der Waals surface area contributed by atoms with Crippen LogP contribution < -0.4 is 10.1 Å². The molecule has 3 rings (SSSR count). The van der Waals surface area contributed by atoms with Crippen molar-refractivity contribution in [2.24, 2.45) is 0 Å². The first-order valence-electron chi connectivity index (χ1n) is 10.3. The van der Waals surface area contributed by atoms with Gasteiger partial charge in [0.05, 0.1) is 22.2 Å². The molecular formula is C22H27N3O5S2. The molecule has 0 bridgehead atoms. The Bertz CT molecular complexity index is 1080. The molecule has 1 heterocycles. The number of thioether (sulfide) groups is 1. The SMILES string of the molecule is CCN(CC)S(=O)(=O)c1ccc(Oc2ccc(C)cc2)c(NC(=O)CN2CSCC2=O)c1. The van der Waals surface area contributed by atoms with Gasteiger partial charge in [-0.1, -0.05) is 31.5 Å². The number of anilines is 1. The predicted molar refractivity (Wildman–Crippen MR) is 125 cm³/mol. The second-order valence-corrected chi connectivity index (χ2v) is 10.2. The fraction of sp³-hybridized carbons (Fsp3) is 0.364. The van der Waals surface area contributed by atoms with Crippen LogP contribution in [0.3, 0.4) is 0 Å². The standard InChI is InChI=1S/C22H27N3O5S2/c1-4-25(5-2)32(28,29)18-10-11-20(30-17-8-6-16(3)7-9-17)19(12-18)23-21(26)13-24-15-31-14-22(24)27/h6-12H,4-5,13-15H2,1-3H3,(H,23,26). The van der Waals surface area contributed by atoms with Crippen LogP contribution in [0.1, 0.15) is 19.4 Å². The van der Waals surface area contributed by atoms with Crippen molar-refractivity contribution in [3.8, 4) is 11.5 Å². The number of sulfonamides is 1. The molecule has 0 radical (unpaired) electrons. The average Bonchev–Trinajstić information content (AvgIpc) is 3.15. The molecule has 2 aromatic rings. The third kappa shape index (κ3) is 5.62. The molecule has 2 amide bonds. The number of aryl methyl sites for hydroxylation is 1. The normalized spacial score (nSPS) is 14.1. The fourth-order valence-electron chi connectivity index (χ4n) is 3.21. The summed E-state index contributed by atoms with van der Waals surface area (Å²) in [7, 11) is -3.73. The number of benzene rings is 2. The Morgan fingerprint density at radius 1 is 1.16 bits per heavy atom. The van der Waals surface area contributed by atoms with Crippen LogP contribution in [0.4, 0.5) is 5.69 Å². The van der Waals surface area contributed by atoms with E-state index in [1.807, 2.05) is 19.1 Å². The Balaban J connectivity index is 1.92. The monoisotopic (exact) mass is 477 g/mol. The minimum Gasteiger partial charge on any atom is -0.455 e. The summed E-state index contributed by atoms with van der Waals surface area (Å²) in [4.78, 5) is 26.0. The number of hydrogen-bond acceptors (Lipinski definition) is 6. The first-order valence-corrected chi connectivity index (χ1v) is 12.9. The first-order chi connectivity index (χ1) is 15.2. The van der Waals surface area contributed by atoms with E-state index in [0.29, 0.717) is 36.2 Å². The fourth-order valence-corrected chi connectivity index (χ4v) is 5.59. The Labute approximate surface area is 193 Å². The van der Waals surface area contributed by atoms with Crippen LogP contribution in [0.15, 0.2) is 47.4 Å². The molecular weight excluding hydrogens is 450 g/mol. The van der Waals surface area contributed by atoms with E-state index in [-0.39, 0.29) is 23.0 Å². The number of ether oxygens (including phenoxy) is 1. The molecule has 0 spiro atoms. The summed E-state index contributed by atoms with van der Waals surface area (Å²) in [5.41, 5.74) is 1.29. The van der Waals surface area contributed by atoms with Crippen molar-refractivity contribution in [1.82, 2.24) is 9.21 Å². The van der Waals surface area contributed by atoms with E-state index < -0.39 is 15.9 Å². The van der Waals surface area contributed by atoms with E-state index in [2.05, 4.69) is 5.32 Å². The van der Waals surface area contributed by atoms with E-state index >= 15 is 0 Å². The van der Waals surface area contributed by atoms with Crippen molar-refractivity contribution in [2.75, 3.05) is 36.6 Å². The van der Waals surface area contributed by atoms with Crippen molar-refractivity contribution in [3.63, 3.8) is 0 Å². The number of carbonyl (C=O) groups is 2. The highest BCUT2D eigenvalue weighted by molar-refractivity contribution is 8.00. The zero-order valence-corrected chi connectivity index (χ0v) is 20.0. The Morgan fingerprint density at radius 2 is 1.84 bits per heavy atom. The van der Waals surface area contributed by atoms with Crippen LogP contribution in [-0.4, -0.2) is 60.7 Å². The smallest absolute Gasteiger partial charge is 0.244 e. The molecule has 0 atom stereocenters. The second-order valence-electron chi connectivity index (χ2n) is 7.28. The van der Waals surface area contributed by atoms with E-state index in [1.165, 1.54) is 39.2 Å². The zero-order chi connectivity index (χ0) is 23.3. The number of amides is 2. The maximum atomic E-state index is 13.0. The quantitative estimate of drug-likeness (QED) is 0.595. The van der Waals surface area contributed by atoms with Crippen LogP contribution in [0.25, 0.3) is 0 Å². The van der Waals surface area contributed by atoms with Crippen LogP contribution in [0.5, 0.6) is 11.5 Å². The van der Waals surface area contributed by atoms with Crippen molar-refractivity contribution in [1.29, 1.82) is 0 Å². The molecule has 2 aromatic carbocycles. The summed E-state index contributed by atoms with van der Waals surface area (Å²) in [6.45, 7) is 6.05. The molecule has 0 aromatic heterocycles. The number of nitrogens with zero attached hydrogens (tertiary/aromatic N) is 2. The maximum absolute atomic E-state index is 13.0. The minimum atomic E-state index is -3.73. The van der Waals surface area contributed by atoms with Crippen molar-refractivity contribution in [2.45, 2.75) is 25.7 Å². The Kier molecular flexibility index (Phi) is 7.81. The van der Waals surface area contributed by atoms with Crippen molar-refractivity contribution >= 4 is 39.3 Å². The molecule has 8 nitrogen and oxygen atoms in total. The van der Waals surface area contributed by atoms with E-state index in [0.717, 1.165) is 5.56 Å². The molecule has 1 saturated heterocycles. The number of rotatable bonds is 9. The highest BCUT2D eigenvalue weighted by Crippen LogP contribution is 2.33. The summed E-state index contributed by atoms with van der Waals surface area (Å²) >= 11 is 1.45. The summed E-state index contributed by atoms with van der Waals surface area (Å²) in [6, 6.07) is 11.8. The zero-order valence-electron chi connectivity index (χ0n) is 18.3. The van der Waals surface area contributed by atoms with Gasteiger partial charge in [0.15, 0.2) is 5.75 Å². The van der Waals surface area contributed by atoms with Crippen LogP contribution in [-0.2, 0) is 19.6 Å². The van der Waals surface area contributed by atoms with Gasteiger partial charge in [0.2, 0.25) is 21.8 Å². The maximum Gasteiger partial charge on any atom is 0.244 e. The molecule has 1 fully saturated rings. The van der Waals surface area contributed by atoms with E-state index in [4.69, 9.17) is 4.74 Å². The first kappa shape index (κ1) is 24.1. The van der Waals surface area contributed by atoms with Gasteiger partial charge in [-0.2, -0.15) is 4.31 Å². The average molecular weight is 478 g/mol. The number of nitrogens with one attached hydrogen (secondary N) is 1. The lowest BCUT2D eigenvalue weighted by Gasteiger charge is -2.20. The molecule has 0 unspecified atom stereocenters. The lowest BCUT2D eigenvalue weighted by molar-refractivity contribution is -0.130. The molecule has 1 aliphatic heterocycles. The molecule has 1 aliphatic rings. The third-order valence-corrected chi connectivity index (χ3v) is 7.97. The summed E-state index contributed by atoms with van der Waals surface area (Å²) in [6.07, 6.45) is 0. The topological polar surface area (TPSA) is 96.0 Å². The molecule has 172 valence electrons. The van der Waals surface area contributed by atoms with Crippen molar-refractivity contribution < 1.29 is 22.7 Å². The molecule has 0 aliphatic carbocycles. The van der Waals surface area contributed by atoms with Gasteiger partial charge in [0, 0.05) is 13.1 Å². The Morgan fingerprint density at radius 3 is 2.44 bits per heavy atom. The van der Waals surface area contributed by atoms with Gasteiger partial charge in [-0.05, 0) is 37.3 Å². The van der Waals surface area contributed by atoms with Gasteiger partial charge in [0.25, 0.3) is 0 Å². The third-order valence-electron chi connectivity index (χ3n) is 4.98.